The highest BCUT2D eigenvalue weighted by Crippen LogP contribution is 2.43. The molecule has 100 valence electrons. The smallest absolute Gasteiger partial charge is 0.137 e. The number of nitrogens with two attached hydrogens (primary N) is 1. The molecule has 0 saturated heterocycles. The van der Waals surface area contributed by atoms with Crippen LogP contribution in [-0.4, -0.2) is 0 Å². The van der Waals surface area contributed by atoms with E-state index >= 15 is 0 Å². The molecule has 1 saturated carbocycles. The topological polar surface area (TPSA) is 26.0 Å². The summed E-state index contributed by atoms with van der Waals surface area (Å²) in [5, 5.41) is 0. The third kappa shape index (κ3) is 2.40. The lowest BCUT2D eigenvalue weighted by Gasteiger charge is -2.06. The second kappa shape index (κ2) is 4.65. The summed E-state index contributed by atoms with van der Waals surface area (Å²) in [5.41, 5.74) is 5.87. The molecule has 0 spiro atoms. The molecular weight excluding hydrogens is 271 g/mol. The van der Waals surface area contributed by atoms with Gasteiger partial charge in [-0.2, -0.15) is 0 Å². The first-order chi connectivity index (χ1) is 9.06. The molecule has 1 heterocycles. The quantitative estimate of drug-likeness (QED) is 0.895. The Balaban J connectivity index is 1.98. The Labute approximate surface area is 112 Å². The molecule has 0 aliphatic heterocycles. The highest BCUT2D eigenvalue weighted by molar-refractivity contribution is 7.15. The van der Waals surface area contributed by atoms with Crippen LogP contribution in [0.15, 0.2) is 24.3 Å². The monoisotopic (exact) mass is 283 g/mol. The summed E-state index contributed by atoms with van der Waals surface area (Å²) in [4.78, 5) is 1.36. The molecule has 1 unspecified atom stereocenters. The highest BCUT2D eigenvalue weighted by atomic mass is 32.1. The van der Waals surface area contributed by atoms with Crippen LogP contribution in [0.1, 0.15) is 23.8 Å². The molecule has 0 bridgehead atoms. The summed E-state index contributed by atoms with van der Waals surface area (Å²) < 4.78 is 40.2. The molecule has 1 aromatic carbocycles. The summed E-state index contributed by atoms with van der Waals surface area (Å²) in [6, 6.07) is 4.76. The Morgan fingerprint density at radius 3 is 2.32 bits per heavy atom. The van der Waals surface area contributed by atoms with Crippen molar-refractivity contribution in [1.29, 1.82) is 0 Å². The Kier molecular flexibility index (Phi) is 3.11. The van der Waals surface area contributed by atoms with Crippen molar-refractivity contribution in [2.75, 3.05) is 0 Å². The number of hydrogen-bond acceptors (Lipinski definition) is 2. The average molecular weight is 283 g/mol. The Hall–Kier alpha value is -1.33. The molecule has 1 fully saturated rings. The zero-order chi connectivity index (χ0) is 13.6. The first kappa shape index (κ1) is 12.7. The van der Waals surface area contributed by atoms with Crippen LogP contribution in [0.5, 0.6) is 0 Å². The van der Waals surface area contributed by atoms with E-state index in [1.165, 1.54) is 11.3 Å². The van der Waals surface area contributed by atoms with Crippen molar-refractivity contribution in [2.24, 2.45) is 11.7 Å². The standard InChI is InChI=1S/C14H12F3NS/c15-8-5-9(16)13(10(17)6-8)11-3-4-12(19-11)14(18)7-1-2-7/h3-7,14H,1-2,18H2. The van der Waals surface area contributed by atoms with Crippen LogP contribution in [0.25, 0.3) is 10.4 Å². The van der Waals surface area contributed by atoms with E-state index in [1.54, 1.807) is 12.1 Å². The number of halogens is 3. The van der Waals surface area contributed by atoms with Crippen molar-refractivity contribution in [3.8, 4) is 10.4 Å². The molecule has 0 amide bonds. The van der Waals surface area contributed by atoms with Crippen molar-refractivity contribution < 1.29 is 13.2 Å². The molecule has 2 aromatic rings. The maximum atomic E-state index is 13.7. The van der Waals surface area contributed by atoms with Gasteiger partial charge in [0.25, 0.3) is 0 Å². The van der Waals surface area contributed by atoms with Gasteiger partial charge in [0.2, 0.25) is 0 Å². The van der Waals surface area contributed by atoms with Crippen LogP contribution in [0.2, 0.25) is 0 Å². The number of rotatable bonds is 3. The van der Waals surface area contributed by atoms with Gasteiger partial charge in [-0.25, -0.2) is 13.2 Å². The normalized spacial score (nSPS) is 16.6. The number of hydrogen-bond donors (Lipinski definition) is 1. The summed E-state index contributed by atoms with van der Waals surface area (Å²) in [6.45, 7) is 0. The molecule has 0 radical (unpaired) electrons. The lowest BCUT2D eigenvalue weighted by atomic mass is 10.1. The molecular formula is C14H12F3NS. The van der Waals surface area contributed by atoms with Crippen molar-refractivity contribution in [1.82, 2.24) is 0 Å². The first-order valence-electron chi connectivity index (χ1n) is 6.06. The van der Waals surface area contributed by atoms with Crippen molar-refractivity contribution >= 4 is 11.3 Å². The molecule has 1 aromatic heterocycles. The highest BCUT2D eigenvalue weighted by Gasteiger charge is 2.30. The maximum absolute atomic E-state index is 13.7. The van der Waals surface area contributed by atoms with Crippen molar-refractivity contribution in [3.63, 3.8) is 0 Å². The van der Waals surface area contributed by atoms with Crippen LogP contribution >= 0.6 is 11.3 Å². The minimum absolute atomic E-state index is 0.0645. The van der Waals surface area contributed by atoms with E-state index in [0.29, 0.717) is 22.9 Å². The third-order valence-electron chi connectivity index (χ3n) is 3.34. The lowest BCUT2D eigenvalue weighted by molar-refractivity contribution is 0.548. The zero-order valence-corrected chi connectivity index (χ0v) is 10.8. The van der Waals surface area contributed by atoms with Gasteiger partial charge >= 0.3 is 0 Å². The number of benzene rings is 1. The Morgan fingerprint density at radius 2 is 1.74 bits per heavy atom. The van der Waals surface area contributed by atoms with E-state index in [1.807, 2.05) is 0 Å². The van der Waals surface area contributed by atoms with Crippen LogP contribution in [0, 0.1) is 23.4 Å². The molecule has 1 aliphatic carbocycles. The van der Waals surface area contributed by atoms with Crippen molar-refractivity contribution in [2.45, 2.75) is 18.9 Å². The fourth-order valence-electron chi connectivity index (χ4n) is 2.13. The van der Waals surface area contributed by atoms with E-state index in [0.717, 1.165) is 17.7 Å². The summed E-state index contributed by atoms with van der Waals surface area (Å²) in [5.74, 6) is -2.20. The molecule has 1 atom stereocenters. The van der Waals surface area contributed by atoms with Gasteiger partial charge < -0.3 is 5.73 Å². The Bertz CT molecular complexity index is 596. The van der Waals surface area contributed by atoms with Gasteiger partial charge in [-0.15, -0.1) is 11.3 Å². The fraction of sp³-hybridized carbons (Fsp3) is 0.286. The zero-order valence-electron chi connectivity index (χ0n) is 10.00. The van der Waals surface area contributed by atoms with Crippen molar-refractivity contribution in [3.05, 3.63) is 46.6 Å². The third-order valence-corrected chi connectivity index (χ3v) is 4.54. The van der Waals surface area contributed by atoms with E-state index in [4.69, 9.17) is 5.73 Å². The maximum Gasteiger partial charge on any atom is 0.137 e. The molecule has 1 aliphatic rings. The van der Waals surface area contributed by atoms with Crippen LogP contribution < -0.4 is 5.73 Å². The molecule has 5 heteroatoms. The van der Waals surface area contributed by atoms with E-state index in [9.17, 15) is 13.2 Å². The minimum atomic E-state index is -0.912. The molecule has 1 nitrogen and oxygen atoms in total. The van der Waals surface area contributed by atoms with Gasteiger partial charge in [0, 0.05) is 27.9 Å². The van der Waals surface area contributed by atoms with Crippen LogP contribution in [0.4, 0.5) is 13.2 Å². The SMILES string of the molecule is NC(c1ccc(-c2c(F)cc(F)cc2F)s1)C1CC1. The van der Waals surface area contributed by atoms with Gasteiger partial charge in [0.15, 0.2) is 0 Å². The van der Waals surface area contributed by atoms with Gasteiger partial charge in [-0.3, -0.25) is 0 Å². The van der Waals surface area contributed by atoms with Crippen LogP contribution in [-0.2, 0) is 0 Å². The second-order valence-electron chi connectivity index (χ2n) is 4.81. The average Bonchev–Trinajstić information content (AvgIpc) is 3.07. The molecule has 19 heavy (non-hydrogen) atoms. The van der Waals surface area contributed by atoms with Crippen LogP contribution in [0.3, 0.4) is 0 Å². The Morgan fingerprint density at radius 1 is 1.11 bits per heavy atom. The summed E-state index contributed by atoms with van der Waals surface area (Å²) >= 11 is 1.27. The summed E-state index contributed by atoms with van der Waals surface area (Å²) in [6.07, 6.45) is 2.21. The van der Waals surface area contributed by atoms with E-state index in [2.05, 4.69) is 0 Å². The van der Waals surface area contributed by atoms with Gasteiger partial charge in [0.05, 0.1) is 5.56 Å². The first-order valence-corrected chi connectivity index (χ1v) is 6.88. The van der Waals surface area contributed by atoms with E-state index in [-0.39, 0.29) is 11.6 Å². The summed E-state index contributed by atoms with van der Waals surface area (Å²) in [7, 11) is 0. The number of thiophene rings is 1. The van der Waals surface area contributed by atoms with Gasteiger partial charge in [-0.1, -0.05) is 0 Å². The van der Waals surface area contributed by atoms with Gasteiger partial charge in [0.1, 0.15) is 17.5 Å². The lowest BCUT2D eigenvalue weighted by Crippen LogP contribution is -2.10. The van der Waals surface area contributed by atoms with Gasteiger partial charge in [-0.05, 0) is 30.9 Å². The van der Waals surface area contributed by atoms with E-state index < -0.39 is 17.5 Å². The second-order valence-corrected chi connectivity index (χ2v) is 5.93. The fourth-order valence-corrected chi connectivity index (χ4v) is 3.28. The molecule has 2 N–H and O–H groups in total. The largest absolute Gasteiger partial charge is 0.323 e. The predicted octanol–water partition coefficient (Wildman–Crippen LogP) is 4.24. The predicted molar refractivity (Wildman–Crippen MR) is 69.3 cm³/mol. The molecule has 3 rings (SSSR count). The minimum Gasteiger partial charge on any atom is -0.323 e.